The third-order valence-corrected chi connectivity index (χ3v) is 1.32. The highest BCUT2D eigenvalue weighted by Crippen LogP contribution is 1.93. The van der Waals surface area contributed by atoms with E-state index in [-0.39, 0.29) is 10.9 Å². The van der Waals surface area contributed by atoms with Crippen LogP contribution in [0.3, 0.4) is 0 Å². The Hall–Kier alpha value is -0.110. The Balaban J connectivity index is -0.0000000186. The SMILES string of the molecule is CC.CC.CCC(C)C.CCCC.F.N. The highest BCUT2D eigenvalue weighted by Gasteiger charge is 1.80. The summed E-state index contributed by atoms with van der Waals surface area (Å²) in [4.78, 5) is 0. The van der Waals surface area contributed by atoms with Crippen LogP contribution in [-0.4, -0.2) is 0 Å². The molecule has 0 saturated heterocycles. The minimum absolute atomic E-state index is 0. The highest BCUT2D eigenvalue weighted by molar-refractivity contribution is 4.32. The summed E-state index contributed by atoms with van der Waals surface area (Å²) in [6, 6.07) is 0. The minimum atomic E-state index is 0. The van der Waals surface area contributed by atoms with Crippen LogP contribution in [0.1, 0.15) is 81.6 Å². The summed E-state index contributed by atoms with van der Waals surface area (Å²) in [7, 11) is 0. The van der Waals surface area contributed by atoms with E-state index < -0.39 is 0 Å². The van der Waals surface area contributed by atoms with Crippen molar-refractivity contribution in [2.75, 3.05) is 0 Å². The molecule has 0 saturated carbocycles. The number of unbranched alkanes of at least 4 members (excludes halogenated alkanes) is 1. The van der Waals surface area contributed by atoms with Gasteiger partial charge in [-0.25, -0.2) is 0 Å². The second-order valence-corrected chi connectivity index (χ2v) is 2.80. The Labute approximate surface area is 99.0 Å². The van der Waals surface area contributed by atoms with Gasteiger partial charge in [0.1, 0.15) is 0 Å². The Morgan fingerprint density at radius 3 is 0.867 bits per heavy atom. The standard InChI is InChI=1S/C5H12.C4H10.2C2H6.FH.H3N/c1-4-5(2)3;1-3-4-2;2*1-2;;/h5H,4H2,1-3H3;3-4H2,1-2H3;2*1-2H3;1H;1H3. The van der Waals surface area contributed by atoms with Gasteiger partial charge in [0.25, 0.3) is 0 Å². The van der Waals surface area contributed by atoms with Gasteiger partial charge < -0.3 is 6.15 Å². The Bertz CT molecular complexity index is 37.5. The van der Waals surface area contributed by atoms with Crippen LogP contribution >= 0.6 is 0 Å². The number of halogens is 1. The van der Waals surface area contributed by atoms with Crippen LogP contribution in [0.5, 0.6) is 0 Å². The average Bonchev–Trinajstić information content (AvgIpc) is 2.24. The summed E-state index contributed by atoms with van der Waals surface area (Å²) in [5.41, 5.74) is 0. The maximum atomic E-state index is 2.22. The number of hydrogen-bond acceptors (Lipinski definition) is 1. The van der Waals surface area contributed by atoms with E-state index in [2.05, 4.69) is 34.6 Å². The molecule has 0 aliphatic carbocycles. The zero-order chi connectivity index (χ0) is 11.7. The van der Waals surface area contributed by atoms with E-state index in [4.69, 9.17) is 0 Å². The van der Waals surface area contributed by atoms with Crippen molar-refractivity contribution < 1.29 is 4.70 Å². The average molecular weight is 227 g/mol. The molecule has 1 nitrogen and oxygen atoms in total. The lowest BCUT2D eigenvalue weighted by atomic mass is 10.2. The molecule has 2 heteroatoms. The van der Waals surface area contributed by atoms with Gasteiger partial charge in [0.05, 0.1) is 0 Å². The van der Waals surface area contributed by atoms with Crippen LogP contribution in [0.15, 0.2) is 0 Å². The Morgan fingerprint density at radius 2 is 0.867 bits per heavy atom. The fourth-order valence-electron chi connectivity index (χ4n) is 0. The first-order valence-electron chi connectivity index (χ1n) is 6.18. The molecule has 0 aromatic carbocycles. The van der Waals surface area contributed by atoms with Gasteiger partial charge in [-0.2, -0.15) is 0 Å². The second-order valence-electron chi connectivity index (χ2n) is 2.80. The molecule has 0 radical (unpaired) electrons. The summed E-state index contributed by atoms with van der Waals surface area (Å²) >= 11 is 0. The lowest BCUT2D eigenvalue weighted by Crippen LogP contribution is -1.77. The van der Waals surface area contributed by atoms with Crippen LogP contribution in [0.25, 0.3) is 0 Å². The predicted molar refractivity (Wildman–Crippen MR) is 75.9 cm³/mol. The summed E-state index contributed by atoms with van der Waals surface area (Å²) in [6.07, 6.45) is 3.94. The monoisotopic (exact) mass is 227 g/mol. The van der Waals surface area contributed by atoms with Gasteiger partial charge in [0, 0.05) is 0 Å². The molecule has 0 aliphatic heterocycles. The highest BCUT2D eigenvalue weighted by atomic mass is 19.0. The first-order chi connectivity index (χ1) is 6.18. The predicted octanol–water partition coefficient (Wildman–Crippen LogP) is 6.23. The minimum Gasteiger partial charge on any atom is -0.344 e. The molecule has 0 rings (SSSR count). The van der Waals surface area contributed by atoms with Gasteiger partial charge in [-0.15, -0.1) is 0 Å². The molecule has 0 unspecified atom stereocenters. The number of hydrogen-bond donors (Lipinski definition) is 1. The van der Waals surface area contributed by atoms with E-state index in [1.807, 2.05) is 27.7 Å². The topological polar surface area (TPSA) is 35.0 Å². The van der Waals surface area contributed by atoms with Crippen LogP contribution in [0.4, 0.5) is 4.70 Å². The summed E-state index contributed by atoms with van der Waals surface area (Å²) in [5, 5.41) is 0. The van der Waals surface area contributed by atoms with Crippen molar-refractivity contribution in [3.05, 3.63) is 0 Å². The normalized spacial score (nSPS) is 6.00. The van der Waals surface area contributed by atoms with Crippen molar-refractivity contribution >= 4 is 0 Å². The van der Waals surface area contributed by atoms with E-state index in [9.17, 15) is 0 Å². The molecule has 0 aliphatic rings. The first kappa shape index (κ1) is 36.3. The fourth-order valence-corrected chi connectivity index (χ4v) is 0. The first-order valence-corrected chi connectivity index (χ1v) is 6.18. The zero-order valence-corrected chi connectivity index (χ0v) is 12.8. The second kappa shape index (κ2) is 66.5. The molecule has 0 atom stereocenters. The third-order valence-electron chi connectivity index (χ3n) is 1.32. The molecular weight excluding hydrogens is 189 g/mol. The van der Waals surface area contributed by atoms with Gasteiger partial charge in [-0.3, -0.25) is 4.70 Å². The molecular formula is C13H38FN. The summed E-state index contributed by atoms with van der Waals surface area (Å²) in [5.74, 6) is 0.884. The fraction of sp³-hybridized carbons (Fsp3) is 1.00. The zero-order valence-electron chi connectivity index (χ0n) is 12.8. The maximum Gasteiger partial charge on any atom is -0.0474 e. The van der Waals surface area contributed by atoms with Crippen molar-refractivity contribution in [1.29, 1.82) is 0 Å². The van der Waals surface area contributed by atoms with Crippen LogP contribution in [-0.2, 0) is 0 Å². The molecule has 102 valence electrons. The van der Waals surface area contributed by atoms with Crippen molar-refractivity contribution in [3.8, 4) is 0 Å². The van der Waals surface area contributed by atoms with Gasteiger partial charge in [-0.05, 0) is 5.92 Å². The van der Waals surface area contributed by atoms with E-state index in [0.29, 0.717) is 0 Å². The smallest absolute Gasteiger partial charge is 0.0474 e. The van der Waals surface area contributed by atoms with Crippen molar-refractivity contribution in [2.24, 2.45) is 5.92 Å². The van der Waals surface area contributed by atoms with Gasteiger partial charge >= 0.3 is 0 Å². The van der Waals surface area contributed by atoms with Crippen molar-refractivity contribution in [2.45, 2.75) is 81.6 Å². The summed E-state index contributed by atoms with van der Waals surface area (Å²) in [6.45, 7) is 19.0. The maximum absolute atomic E-state index is 2.22. The van der Waals surface area contributed by atoms with Crippen molar-refractivity contribution in [3.63, 3.8) is 0 Å². The largest absolute Gasteiger partial charge is 0.344 e. The van der Waals surface area contributed by atoms with Crippen LogP contribution in [0.2, 0.25) is 0 Å². The third kappa shape index (κ3) is 235. The van der Waals surface area contributed by atoms with Crippen LogP contribution in [0, 0.1) is 5.92 Å². The molecule has 0 amide bonds. The van der Waals surface area contributed by atoms with Gasteiger partial charge in [-0.1, -0.05) is 81.6 Å². The van der Waals surface area contributed by atoms with E-state index in [1.165, 1.54) is 19.3 Å². The molecule has 0 heterocycles. The van der Waals surface area contributed by atoms with Gasteiger partial charge in [0.15, 0.2) is 0 Å². The van der Waals surface area contributed by atoms with Crippen LogP contribution < -0.4 is 6.15 Å². The molecule has 0 aromatic heterocycles. The Morgan fingerprint density at radius 1 is 0.733 bits per heavy atom. The molecule has 0 fully saturated rings. The molecule has 3 N–H and O–H groups in total. The van der Waals surface area contributed by atoms with Gasteiger partial charge in [0.2, 0.25) is 0 Å². The molecule has 0 bridgehead atoms. The molecule has 15 heavy (non-hydrogen) atoms. The lowest BCUT2D eigenvalue weighted by molar-refractivity contribution is 0.626. The van der Waals surface area contributed by atoms with E-state index in [0.717, 1.165) is 5.92 Å². The number of rotatable bonds is 2. The lowest BCUT2D eigenvalue weighted by Gasteiger charge is -1.90. The summed E-state index contributed by atoms with van der Waals surface area (Å²) < 4.78 is 0. The molecule has 0 aromatic rings. The quantitative estimate of drug-likeness (QED) is 0.596. The van der Waals surface area contributed by atoms with Crippen molar-refractivity contribution in [1.82, 2.24) is 6.15 Å². The van der Waals surface area contributed by atoms with E-state index in [1.54, 1.807) is 0 Å². The Kier molecular flexibility index (Phi) is 161. The van der Waals surface area contributed by atoms with E-state index >= 15 is 0 Å². The molecule has 0 spiro atoms.